The molecule has 0 aromatic heterocycles. The van der Waals surface area contributed by atoms with Crippen LogP contribution in [0, 0.1) is 11.3 Å². The summed E-state index contributed by atoms with van der Waals surface area (Å²) in [6.07, 6.45) is 1.54. The summed E-state index contributed by atoms with van der Waals surface area (Å²) in [7, 11) is 0. The highest BCUT2D eigenvalue weighted by molar-refractivity contribution is 5.97. The van der Waals surface area contributed by atoms with Crippen LogP contribution in [0.2, 0.25) is 0 Å². The molecule has 0 atom stereocenters. The van der Waals surface area contributed by atoms with E-state index in [2.05, 4.69) is 58.7 Å². The molecule has 1 aliphatic heterocycles. The number of rotatable bonds is 6. The summed E-state index contributed by atoms with van der Waals surface area (Å²) in [4.78, 5) is 16.9. The molecule has 29 heavy (non-hydrogen) atoms. The van der Waals surface area contributed by atoms with Gasteiger partial charge >= 0.3 is 0 Å². The average molecular weight is 389 g/mol. The summed E-state index contributed by atoms with van der Waals surface area (Å²) in [6.45, 7) is 6.68. The van der Waals surface area contributed by atoms with Crippen molar-refractivity contribution in [2.45, 2.75) is 25.9 Å². The lowest BCUT2D eigenvalue weighted by atomic mass is 9.96. The molecule has 0 bridgehead atoms. The molecule has 1 saturated heterocycles. The SMILES string of the molecule is CC(C)N/C=C(/C#N)C(=O)N1CCN(C(c2ccccc2)c2ccccc2)CC1. The summed E-state index contributed by atoms with van der Waals surface area (Å²) >= 11 is 0. The van der Waals surface area contributed by atoms with Crippen LogP contribution in [-0.2, 0) is 4.79 Å². The fraction of sp³-hybridized carbons (Fsp3) is 0.333. The zero-order valence-corrected chi connectivity index (χ0v) is 17.1. The Hall–Kier alpha value is -3.10. The molecule has 1 amide bonds. The highest BCUT2D eigenvalue weighted by Crippen LogP contribution is 2.29. The van der Waals surface area contributed by atoms with E-state index in [0.717, 1.165) is 13.1 Å². The number of carbonyl (C=O) groups excluding carboxylic acids is 1. The van der Waals surface area contributed by atoms with E-state index in [1.165, 1.54) is 17.3 Å². The average Bonchev–Trinajstić information content (AvgIpc) is 2.76. The molecular weight excluding hydrogens is 360 g/mol. The van der Waals surface area contributed by atoms with Gasteiger partial charge in [-0.05, 0) is 25.0 Å². The number of nitrogens with one attached hydrogen (secondary N) is 1. The van der Waals surface area contributed by atoms with E-state index in [0.29, 0.717) is 13.1 Å². The molecule has 1 aliphatic rings. The lowest BCUT2D eigenvalue weighted by Crippen LogP contribution is -2.50. The first kappa shape index (κ1) is 20.6. The summed E-state index contributed by atoms with van der Waals surface area (Å²) in [5, 5.41) is 12.4. The van der Waals surface area contributed by atoms with Gasteiger partial charge in [-0.25, -0.2) is 0 Å². The van der Waals surface area contributed by atoms with Crippen LogP contribution in [-0.4, -0.2) is 47.9 Å². The van der Waals surface area contributed by atoms with Gasteiger partial charge in [-0.15, -0.1) is 0 Å². The van der Waals surface area contributed by atoms with E-state index >= 15 is 0 Å². The van der Waals surface area contributed by atoms with Crippen molar-refractivity contribution in [1.29, 1.82) is 5.26 Å². The number of nitrogens with zero attached hydrogens (tertiary/aromatic N) is 3. The number of carbonyl (C=O) groups is 1. The summed E-state index contributed by atoms with van der Waals surface area (Å²) in [6, 6.07) is 23.3. The largest absolute Gasteiger partial charge is 0.387 e. The Labute approximate surface area is 173 Å². The van der Waals surface area contributed by atoms with Crippen molar-refractivity contribution in [2.24, 2.45) is 0 Å². The predicted octanol–water partition coefficient (Wildman–Crippen LogP) is 3.33. The van der Waals surface area contributed by atoms with Gasteiger partial charge in [-0.3, -0.25) is 9.69 Å². The fourth-order valence-corrected chi connectivity index (χ4v) is 3.63. The van der Waals surface area contributed by atoms with E-state index in [1.54, 1.807) is 4.90 Å². The minimum atomic E-state index is -0.198. The third-order valence-corrected chi connectivity index (χ3v) is 5.11. The number of amides is 1. The van der Waals surface area contributed by atoms with Gasteiger partial charge in [0.1, 0.15) is 11.6 Å². The van der Waals surface area contributed by atoms with Crippen LogP contribution < -0.4 is 5.32 Å². The Morgan fingerprint density at radius 1 is 0.966 bits per heavy atom. The third kappa shape index (κ3) is 5.24. The predicted molar refractivity (Wildman–Crippen MR) is 115 cm³/mol. The summed E-state index contributed by atoms with van der Waals surface area (Å²) < 4.78 is 0. The number of nitriles is 1. The molecule has 1 N–H and O–H groups in total. The summed E-state index contributed by atoms with van der Waals surface area (Å²) in [5.74, 6) is -0.198. The normalized spacial score (nSPS) is 15.4. The van der Waals surface area contributed by atoms with Crippen molar-refractivity contribution in [3.05, 3.63) is 83.6 Å². The van der Waals surface area contributed by atoms with Crippen LogP contribution in [0.1, 0.15) is 31.0 Å². The van der Waals surface area contributed by atoms with Crippen LogP contribution in [0.25, 0.3) is 0 Å². The van der Waals surface area contributed by atoms with Crippen LogP contribution in [0.15, 0.2) is 72.4 Å². The van der Waals surface area contributed by atoms with Gasteiger partial charge in [-0.1, -0.05) is 60.7 Å². The van der Waals surface area contributed by atoms with Crippen molar-refractivity contribution in [3.63, 3.8) is 0 Å². The zero-order valence-electron chi connectivity index (χ0n) is 17.1. The zero-order chi connectivity index (χ0) is 20.6. The molecule has 0 radical (unpaired) electrons. The molecule has 3 rings (SSSR count). The third-order valence-electron chi connectivity index (χ3n) is 5.11. The molecular formula is C24H28N4O. The Morgan fingerprint density at radius 3 is 1.93 bits per heavy atom. The van der Waals surface area contributed by atoms with Gasteiger partial charge < -0.3 is 10.2 Å². The van der Waals surface area contributed by atoms with Crippen LogP contribution >= 0.6 is 0 Å². The van der Waals surface area contributed by atoms with E-state index in [4.69, 9.17) is 0 Å². The maximum Gasteiger partial charge on any atom is 0.266 e. The molecule has 2 aromatic rings. The van der Waals surface area contributed by atoms with E-state index in [9.17, 15) is 10.1 Å². The van der Waals surface area contributed by atoms with Crippen molar-refractivity contribution in [3.8, 4) is 6.07 Å². The Kier molecular flexibility index (Phi) is 7.04. The molecule has 0 spiro atoms. The first-order valence-electron chi connectivity index (χ1n) is 10.1. The molecule has 150 valence electrons. The standard InChI is InChI=1S/C24H28N4O/c1-19(2)26-18-22(17-25)24(29)28-15-13-27(14-16-28)23(20-9-5-3-6-10-20)21-11-7-4-8-12-21/h3-12,18-19,23,26H,13-16H2,1-2H3/b22-18-. The lowest BCUT2D eigenvalue weighted by molar-refractivity contribution is -0.128. The van der Waals surface area contributed by atoms with Crippen LogP contribution in [0.4, 0.5) is 0 Å². The van der Waals surface area contributed by atoms with Crippen LogP contribution in [0.5, 0.6) is 0 Å². The Bertz CT molecular complexity index is 823. The van der Waals surface area contributed by atoms with Crippen molar-refractivity contribution < 1.29 is 4.79 Å². The molecule has 0 aliphatic carbocycles. The van der Waals surface area contributed by atoms with Gasteiger partial charge in [-0.2, -0.15) is 5.26 Å². The van der Waals surface area contributed by atoms with Gasteiger partial charge in [0.2, 0.25) is 0 Å². The quantitative estimate of drug-likeness (QED) is 0.609. The number of hydrogen-bond donors (Lipinski definition) is 1. The van der Waals surface area contributed by atoms with Crippen molar-refractivity contribution >= 4 is 5.91 Å². The molecule has 1 fully saturated rings. The van der Waals surface area contributed by atoms with Gasteiger partial charge in [0, 0.05) is 38.4 Å². The van der Waals surface area contributed by atoms with E-state index < -0.39 is 0 Å². The maximum absolute atomic E-state index is 12.7. The van der Waals surface area contributed by atoms with Gasteiger partial charge in [0.25, 0.3) is 5.91 Å². The number of hydrogen-bond acceptors (Lipinski definition) is 4. The molecule has 5 nitrogen and oxygen atoms in total. The first-order chi connectivity index (χ1) is 14.1. The fourth-order valence-electron chi connectivity index (χ4n) is 3.63. The second kappa shape index (κ2) is 9.90. The molecule has 1 heterocycles. The van der Waals surface area contributed by atoms with Crippen LogP contribution in [0.3, 0.4) is 0 Å². The van der Waals surface area contributed by atoms with Crippen molar-refractivity contribution in [2.75, 3.05) is 26.2 Å². The first-order valence-corrected chi connectivity index (χ1v) is 10.1. The number of benzene rings is 2. The monoisotopic (exact) mass is 388 g/mol. The second-order valence-electron chi connectivity index (χ2n) is 7.54. The number of piperazine rings is 1. The Morgan fingerprint density at radius 2 is 1.48 bits per heavy atom. The molecule has 2 aromatic carbocycles. The highest BCUT2D eigenvalue weighted by atomic mass is 16.2. The van der Waals surface area contributed by atoms with Crippen molar-refractivity contribution in [1.82, 2.24) is 15.1 Å². The van der Waals surface area contributed by atoms with E-state index in [1.807, 2.05) is 32.0 Å². The topological polar surface area (TPSA) is 59.4 Å². The highest BCUT2D eigenvalue weighted by Gasteiger charge is 2.29. The minimum Gasteiger partial charge on any atom is -0.387 e. The maximum atomic E-state index is 12.7. The van der Waals surface area contributed by atoms with Gasteiger partial charge in [0.05, 0.1) is 6.04 Å². The lowest BCUT2D eigenvalue weighted by Gasteiger charge is -2.39. The molecule has 0 saturated carbocycles. The smallest absolute Gasteiger partial charge is 0.266 e. The second-order valence-corrected chi connectivity index (χ2v) is 7.54. The van der Waals surface area contributed by atoms with E-state index in [-0.39, 0.29) is 23.6 Å². The summed E-state index contributed by atoms with van der Waals surface area (Å²) in [5.41, 5.74) is 2.66. The molecule has 5 heteroatoms. The Balaban J connectivity index is 1.73. The van der Waals surface area contributed by atoms with Gasteiger partial charge in [0.15, 0.2) is 0 Å². The molecule has 0 unspecified atom stereocenters. The minimum absolute atomic E-state index is 0.156.